The van der Waals surface area contributed by atoms with Gasteiger partial charge in [-0.25, -0.2) is 0 Å². The highest BCUT2D eigenvalue weighted by atomic mass is 16.5. The molecule has 0 aliphatic rings. The topological polar surface area (TPSA) is 58.6 Å². The molecule has 5 heteroatoms. The number of hydrogen-bond donors (Lipinski definition) is 1. The molecule has 144 valence electrons. The molecule has 2 amide bonds. The second-order valence-electron chi connectivity index (χ2n) is 7.62. The van der Waals surface area contributed by atoms with Crippen LogP contribution >= 0.6 is 0 Å². The Hall–Kier alpha value is -2.82. The van der Waals surface area contributed by atoms with E-state index < -0.39 is 5.41 Å². The number of hydrogen-bond acceptors (Lipinski definition) is 3. The standard InChI is InChI=1S/C22H28N2O3/c1-15(18-12-7-8-13-19(18)27-6)24(5)20(25)16-10-9-11-17(14-16)23-21(26)22(2,3)4/h7-15H,1-6H3,(H,23,26). The van der Waals surface area contributed by atoms with Crippen LogP contribution in [0.2, 0.25) is 0 Å². The third-order valence-electron chi connectivity index (χ3n) is 4.54. The number of methoxy groups -OCH3 is 1. The predicted molar refractivity (Wildman–Crippen MR) is 108 cm³/mol. The van der Waals surface area contributed by atoms with Crippen molar-refractivity contribution in [3.05, 3.63) is 59.7 Å². The average Bonchev–Trinajstić information content (AvgIpc) is 2.65. The SMILES string of the molecule is COc1ccccc1C(C)N(C)C(=O)c1cccc(NC(=O)C(C)(C)C)c1. The van der Waals surface area contributed by atoms with E-state index >= 15 is 0 Å². The van der Waals surface area contributed by atoms with Crippen LogP contribution in [0.3, 0.4) is 0 Å². The van der Waals surface area contributed by atoms with Gasteiger partial charge in [-0.2, -0.15) is 0 Å². The molecular formula is C22H28N2O3. The van der Waals surface area contributed by atoms with Gasteiger partial charge in [-0.3, -0.25) is 9.59 Å². The maximum absolute atomic E-state index is 13.0. The van der Waals surface area contributed by atoms with Crippen molar-refractivity contribution in [2.45, 2.75) is 33.7 Å². The molecule has 0 saturated carbocycles. The molecule has 0 fully saturated rings. The van der Waals surface area contributed by atoms with Crippen LogP contribution in [0.4, 0.5) is 5.69 Å². The van der Waals surface area contributed by atoms with E-state index in [0.29, 0.717) is 11.3 Å². The Morgan fingerprint density at radius 2 is 1.74 bits per heavy atom. The first-order valence-electron chi connectivity index (χ1n) is 8.96. The minimum absolute atomic E-state index is 0.0946. The van der Waals surface area contributed by atoms with Gasteiger partial charge < -0.3 is 15.0 Å². The van der Waals surface area contributed by atoms with Crippen molar-refractivity contribution < 1.29 is 14.3 Å². The lowest BCUT2D eigenvalue weighted by atomic mass is 9.95. The molecule has 0 bridgehead atoms. The van der Waals surface area contributed by atoms with E-state index in [0.717, 1.165) is 11.3 Å². The molecule has 0 saturated heterocycles. The average molecular weight is 368 g/mol. The smallest absolute Gasteiger partial charge is 0.254 e. The fourth-order valence-electron chi connectivity index (χ4n) is 2.65. The van der Waals surface area contributed by atoms with Crippen LogP contribution < -0.4 is 10.1 Å². The molecule has 5 nitrogen and oxygen atoms in total. The fourth-order valence-corrected chi connectivity index (χ4v) is 2.65. The van der Waals surface area contributed by atoms with E-state index in [9.17, 15) is 9.59 Å². The second kappa shape index (κ2) is 8.25. The number of ether oxygens (including phenoxy) is 1. The van der Waals surface area contributed by atoms with Crippen LogP contribution in [0.5, 0.6) is 5.75 Å². The predicted octanol–water partition coefficient (Wildman–Crippen LogP) is 4.51. The monoisotopic (exact) mass is 368 g/mol. The minimum atomic E-state index is -0.505. The number of para-hydroxylation sites is 1. The molecule has 1 N–H and O–H groups in total. The Morgan fingerprint density at radius 3 is 2.37 bits per heavy atom. The van der Waals surface area contributed by atoms with Gasteiger partial charge in [0, 0.05) is 29.3 Å². The number of nitrogens with one attached hydrogen (secondary N) is 1. The van der Waals surface area contributed by atoms with E-state index in [4.69, 9.17) is 4.74 Å². The zero-order valence-corrected chi connectivity index (χ0v) is 16.9. The first kappa shape index (κ1) is 20.5. The molecule has 1 atom stereocenters. The van der Waals surface area contributed by atoms with Gasteiger partial charge >= 0.3 is 0 Å². The van der Waals surface area contributed by atoms with Crippen molar-refractivity contribution in [1.29, 1.82) is 0 Å². The molecule has 0 radical (unpaired) electrons. The van der Waals surface area contributed by atoms with Crippen LogP contribution in [-0.2, 0) is 4.79 Å². The van der Waals surface area contributed by atoms with E-state index in [1.54, 1.807) is 43.3 Å². The molecular weight excluding hydrogens is 340 g/mol. The molecule has 2 rings (SSSR count). The lowest BCUT2D eigenvalue weighted by molar-refractivity contribution is -0.123. The normalized spacial score (nSPS) is 12.2. The van der Waals surface area contributed by atoms with Gasteiger partial charge in [0.25, 0.3) is 5.91 Å². The lowest BCUT2D eigenvalue weighted by Crippen LogP contribution is -2.30. The second-order valence-corrected chi connectivity index (χ2v) is 7.62. The van der Waals surface area contributed by atoms with Crippen molar-refractivity contribution in [1.82, 2.24) is 4.90 Å². The fraction of sp³-hybridized carbons (Fsp3) is 0.364. The van der Waals surface area contributed by atoms with Crippen molar-refractivity contribution in [2.24, 2.45) is 5.41 Å². The number of carbonyl (C=O) groups is 2. The van der Waals surface area contributed by atoms with Gasteiger partial charge in [-0.05, 0) is 31.2 Å². The highest BCUT2D eigenvalue weighted by Crippen LogP contribution is 2.29. The number of anilines is 1. The van der Waals surface area contributed by atoms with Gasteiger partial charge in [-0.1, -0.05) is 45.0 Å². The minimum Gasteiger partial charge on any atom is -0.496 e. The Kier molecular flexibility index (Phi) is 6.26. The van der Waals surface area contributed by atoms with Crippen LogP contribution in [0.1, 0.15) is 49.7 Å². The number of rotatable bonds is 5. The summed E-state index contributed by atoms with van der Waals surface area (Å²) < 4.78 is 5.41. The van der Waals surface area contributed by atoms with Gasteiger partial charge in [0.05, 0.1) is 13.2 Å². The molecule has 0 spiro atoms. The summed E-state index contributed by atoms with van der Waals surface area (Å²) in [6.07, 6.45) is 0. The Balaban J connectivity index is 2.22. The van der Waals surface area contributed by atoms with Crippen molar-refractivity contribution in [3.8, 4) is 5.75 Å². The largest absolute Gasteiger partial charge is 0.496 e. The van der Waals surface area contributed by atoms with E-state index in [1.807, 2.05) is 52.0 Å². The van der Waals surface area contributed by atoms with Crippen LogP contribution in [0.25, 0.3) is 0 Å². The number of carbonyl (C=O) groups excluding carboxylic acids is 2. The van der Waals surface area contributed by atoms with Crippen molar-refractivity contribution in [3.63, 3.8) is 0 Å². The van der Waals surface area contributed by atoms with Crippen LogP contribution in [0, 0.1) is 5.41 Å². The summed E-state index contributed by atoms with van der Waals surface area (Å²) in [5, 5.41) is 2.87. The molecule has 0 aromatic heterocycles. The lowest BCUT2D eigenvalue weighted by Gasteiger charge is -2.27. The zero-order chi connectivity index (χ0) is 20.2. The van der Waals surface area contributed by atoms with Gasteiger partial charge in [0.1, 0.15) is 5.75 Å². The van der Waals surface area contributed by atoms with Gasteiger partial charge in [0.15, 0.2) is 0 Å². The summed E-state index contributed by atoms with van der Waals surface area (Å²) in [5.74, 6) is 0.527. The molecule has 2 aromatic carbocycles. The highest BCUT2D eigenvalue weighted by Gasteiger charge is 2.23. The molecule has 0 aliphatic carbocycles. The number of nitrogens with zero attached hydrogens (tertiary/aromatic N) is 1. The molecule has 0 heterocycles. The van der Waals surface area contributed by atoms with Crippen molar-refractivity contribution >= 4 is 17.5 Å². The third-order valence-corrected chi connectivity index (χ3v) is 4.54. The molecule has 27 heavy (non-hydrogen) atoms. The van der Waals surface area contributed by atoms with Crippen molar-refractivity contribution in [2.75, 3.05) is 19.5 Å². The Bertz CT molecular complexity index is 824. The first-order valence-corrected chi connectivity index (χ1v) is 8.96. The van der Waals surface area contributed by atoms with Crippen LogP contribution in [-0.4, -0.2) is 30.9 Å². The maximum Gasteiger partial charge on any atom is 0.254 e. The zero-order valence-electron chi connectivity index (χ0n) is 16.9. The summed E-state index contributed by atoms with van der Waals surface area (Å²) >= 11 is 0. The number of benzene rings is 2. The first-order chi connectivity index (χ1) is 12.6. The Labute approximate surface area is 161 Å². The van der Waals surface area contributed by atoms with Gasteiger partial charge in [0.2, 0.25) is 5.91 Å². The summed E-state index contributed by atoms with van der Waals surface area (Å²) in [6.45, 7) is 7.50. The van der Waals surface area contributed by atoms with Crippen LogP contribution in [0.15, 0.2) is 48.5 Å². The molecule has 1 unspecified atom stereocenters. The Morgan fingerprint density at radius 1 is 1.07 bits per heavy atom. The van der Waals surface area contributed by atoms with E-state index in [-0.39, 0.29) is 17.9 Å². The summed E-state index contributed by atoms with van der Waals surface area (Å²) in [5.41, 5.74) is 1.56. The van der Waals surface area contributed by atoms with Gasteiger partial charge in [-0.15, -0.1) is 0 Å². The summed E-state index contributed by atoms with van der Waals surface area (Å²) in [7, 11) is 3.38. The van der Waals surface area contributed by atoms with E-state index in [2.05, 4.69) is 5.32 Å². The summed E-state index contributed by atoms with van der Waals surface area (Å²) in [6, 6.07) is 14.5. The van der Waals surface area contributed by atoms with E-state index in [1.165, 1.54) is 0 Å². The maximum atomic E-state index is 13.0. The molecule has 0 aliphatic heterocycles. The highest BCUT2D eigenvalue weighted by molar-refractivity contribution is 5.98. The quantitative estimate of drug-likeness (QED) is 0.844. The number of amides is 2. The third kappa shape index (κ3) is 4.88. The molecule has 2 aromatic rings. The summed E-state index contributed by atoms with van der Waals surface area (Å²) in [4.78, 5) is 26.8.